The molecule has 2 aromatic rings. The third-order valence-electron chi connectivity index (χ3n) is 3.77. The fraction of sp³-hybridized carbons (Fsp3) is 0.333. The Morgan fingerprint density at radius 1 is 1.18 bits per heavy atom. The summed E-state index contributed by atoms with van der Waals surface area (Å²) in [4.78, 5) is 39.5. The number of carbonyl (C=O) groups excluding carboxylic acids is 1. The normalized spacial score (nSPS) is 10.7. The Morgan fingerprint density at radius 2 is 1.82 bits per heavy atom. The van der Waals surface area contributed by atoms with Crippen molar-refractivity contribution >= 4 is 12.1 Å². The van der Waals surface area contributed by atoms with Crippen LogP contribution >= 0.6 is 0 Å². The number of aryl methyl sites for hydroxylation is 1. The number of aromatic amines is 2. The molecule has 28 heavy (non-hydrogen) atoms. The minimum Gasteiger partial charge on any atom is -0.493 e. The second kappa shape index (κ2) is 9.40. The van der Waals surface area contributed by atoms with Crippen LogP contribution in [0.3, 0.4) is 0 Å². The summed E-state index contributed by atoms with van der Waals surface area (Å²) in [7, 11) is 3.01. The van der Waals surface area contributed by atoms with Gasteiger partial charge in [0.05, 0.1) is 33.5 Å². The maximum absolute atomic E-state index is 12.0. The van der Waals surface area contributed by atoms with E-state index >= 15 is 0 Å². The zero-order chi connectivity index (χ0) is 20.7. The molecule has 0 fully saturated rings. The van der Waals surface area contributed by atoms with E-state index in [-0.39, 0.29) is 12.0 Å². The van der Waals surface area contributed by atoms with Gasteiger partial charge in [-0.15, -0.1) is 0 Å². The van der Waals surface area contributed by atoms with Crippen molar-refractivity contribution < 1.29 is 19.0 Å². The highest BCUT2D eigenvalue weighted by Gasteiger charge is 2.14. The van der Waals surface area contributed by atoms with Crippen molar-refractivity contribution in [3.63, 3.8) is 0 Å². The summed E-state index contributed by atoms with van der Waals surface area (Å²) in [6.07, 6.45) is 1.17. The number of nitrogens with one attached hydrogen (secondary N) is 3. The molecule has 2 rings (SSSR count). The number of hydrogen-bond acceptors (Lipinski definition) is 7. The predicted octanol–water partition coefficient (Wildman–Crippen LogP) is 0.480. The Kier molecular flexibility index (Phi) is 6.96. The van der Waals surface area contributed by atoms with E-state index in [1.165, 1.54) is 20.4 Å². The number of hydrazone groups is 1. The van der Waals surface area contributed by atoms with E-state index < -0.39 is 17.2 Å². The largest absolute Gasteiger partial charge is 0.493 e. The Bertz CT molecular complexity index is 967. The van der Waals surface area contributed by atoms with Crippen molar-refractivity contribution in [2.24, 2.45) is 5.10 Å². The summed E-state index contributed by atoms with van der Waals surface area (Å²) in [6, 6.07) is 3.36. The number of hydrogen-bond donors (Lipinski definition) is 3. The third-order valence-corrected chi connectivity index (χ3v) is 3.77. The Labute approximate surface area is 160 Å². The van der Waals surface area contributed by atoms with Gasteiger partial charge in [0.2, 0.25) is 11.7 Å². The molecule has 10 heteroatoms. The predicted molar refractivity (Wildman–Crippen MR) is 103 cm³/mol. The van der Waals surface area contributed by atoms with Crippen LogP contribution in [-0.2, 0) is 11.2 Å². The highest BCUT2D eigenvalue weighted by Crippen LogP contribution is 2.38. The van der Waals surface area contributed by atoms with Crippen LogP contribution in [-0.4, -0.2) is 42.9 Å². The summed E-state index contributed by atoms with van der Waals surface area (Å²) in [5.74, 6) is 0.886. The number of ether oxygens (including phenoxy) is 3. The molecular formula is C18H22N4O6. The molecule has 1 aromatic carbocycles. The number of carbonyl (C=O) groups is 1. The molecule has 1 aromatic heterocycles. The SMILES string of the molecule is CCOc1c(OC)cc(/C=N\NC(=O)Cc2c(C)[nH]c(=O)[nH]c2=O)cc1OC. The van der Waals surface area contributed by atoms with Crippen molar-refractivity contribution in [2.75, 3.05) is 20.8 Å². The van der Waals surface area contributed by atoms with Crippen LogP contribution in [0.15, 0.2) is 26.8 Å². The quantitative estimate of drug-likeness (QED) is 0.443. The van der Waals surface area contributed by atoms with E-state index in [1.807, 2.05) is 6.92 Å². The van der Waals surface area contributed by atoms with Crippen molar-refractivity contribution in [2.45, 2.75) is 20.3 Å². The molecule has 0 saturated heterocycles. The van der Waals surface area contributed by atoms with E-state index in [9.17, 15) is 14.4 Å². The molecule has 1 heterocycles. The van der Waals surface area contributed by atoms with Crippen LogP contribution in [0.4, 0.5) is 0 Å². The number of methoxy groups -OCH3 is 2. The molecule has 1 amide bonds. The van der Waals surface area contributed by atoms with Gasteiger partial charge >= 0.3 is 5.69 Å². The minimum absolute atomic E-state index is 0.164. The van der Waals surface area contributed by atoms with Crippen LogP contribution in [0.25, 0.3) is 0 Å². The van der Waals surface area contributed by atoms with Crippen molar-refractivity contribution in [1.29, 1.82) is 0 Å². The summed E-state index contributed by atoms with van der Waals surface area (Å²) in [6.45, 7) is 3.83. The van der Waals surface area contributed by atoms with Gasteiger partial charge in [-0.3, -0.25) is 14.6 Å². The number of amides is 1. The zero-order valence-corrected chi connectivity index (χ0v) is 16.0. The number of nitrogens with zero attached hydrogens (tertiary/aromatic N) is 1. The molecule has 0 aliphatic carbocycles. The van der Waals surface area contributed by atoms with Crippen molar-refractivity contribution in [3.05, 3.63) is 49.8 Å². The molecule has 0 aliphatic heterocycles. The molecule has 10 nitrogen and oxygen atoms in total. The zero-order valence-electron chi connectivity index (χ0n) is 16.0. The molecule has 0 atom stereocenters. The fourth-order valence-corrected chi connectivity index (χ4v) is 2.48. The Hall–Kier alpha value is -3.56. The summed E-state index contributed by atoms with van der Waals surface area (Å²) in [5, 5.41) is 3.88. The first-order valence-corrected chi connectivity index (χ1v) is 8.42. The first-order valence-electron chi connectivity index (χ1n) is 8.42. The molecule has 3 N–H and O–H groups in total. The lowest BCUT2D eigenvalue weighted by molar-refractivity contribution is -0.120. The maximum atomic E-state index is 12.0. The smallest absolute Gasteiger partial charge is 0.325 e. The monoisotopic (exact) mass is 390 g/mol. The van der Waals surface area contributed by atoms with E-state index in [1.54, 1.807) is 19.1 Å². The van der Waals surface area contributed by atoms with Gasteiger partial charge in [0.15, 0.2) is 11.5 Å². The second-order valence-corrected chi connectivity index (χ2v) is 5.67. The van der Waals surface area contributed by atoms with E-state index in [4.69, 9.17) is 14.2 Å². The number of benzene rings is 1. The number of aromatic nitrogens is 2. The molecule has 0 radical (unpaired) electrons. The lowest BCUT2D eigenvalue weighted by Gasteiger charge is -2.14. The molecule has 0 bridgehead atoms. The van der Waals surface area contributed by atoms with Crippen molar-refractivity contribution in [1.82, 2.24) is 15.4 Å². The summed E-state index contributed by atoms with van der Waals surface area (Å²) < 4.78 is 16.1. The molecule has 150 valence electrons. The average molecular weight is 390 g/mol. The number of rotatable bonds is 8. The van der Waals surface area contributed by atoms with Gasteiger partial charge in [-0.1, -0.05) is 0 Å². The van der Waals surface area contributed by atoms with Gasteiger partial charge in [-0.25, -0.2) is 10.2 Å². The standard InChI is InChI=1S/C18H22N4O6/c1-5-28-16-13(26-3)6-11(7-14(16)27-4)9-19-22-15(23)8-12-10(2)20-18(25)21-17(12)24/h6-7,9H,5,8H2,1-4H3,(H,22,23)(H2,20,21,24,25)/b19-9-. The van der Waals surface area contributed by atoms with Gasteiger partial charge in [0.25, 0.3) is 5.56 Å². The second-order valence-electron chi connectivity index (χ2n) is 5.67. The fourth-order valence-electron chi connectivity index (χ4n) is 2.48. The summed E-state index contributed by atoms with van der Waals surface area (Å²) >= 11 is 0. The number of H-pyrrole nitrogens is 2. The molecular weight excluding hydrogens is 368 g/mol. The van der Waals surface area contributed by atoms with E-state index in [0.29, 0.717) is 35.1 Å². The van der Waals surface area contributed by atoms with Crippen LogP contribution < -0.4 is 30.9 Å². The first kappa shape index (κ1) is 20.7. The first-order chi connectivity index (χ1) is 13.4. The topological polar surface area (TPSA) is 135 Å². The Balaban J connectivity index is 2.13. The van der Waals surface area contributed by atoms with Gasteiger partial charge in [-0.2, -0.15) is 5.10 Å². The van der Waals surface area contributed by atoms with E-state index in [2.05, 4.69) is 20.5 Å². The molecule has 0 unspecified atom stereocenters. The summed E-state index contributed by atoms with van der Waals surface area (Å²) in [5.41, 5.74) is 2.20. The third kappa shape index (κ3) is 5.00. The van der Waals surface area contributed by atoms with Gasteiger partial charge in [-0.05, 0) is 26.0 Å². The van der Waals surface area contributed by atoms with Crippen molar-refractivity contribution in [3.8, 4) is 17.2 Å². The van der Waals surface area contributed by atoms with Gasteiger partial charge < -0.3 is 19.2 Å². The molecule has 0 saturated carbocycles. The van der Waals surface area contributed by atoms with Gasteiger partial charge in [0.1, 0.15) is 0 Å². The molecule has 0 spiro atoms. The lowest BCUT2D eigenvalue weighted by Crippen LogP contribution is -2.30. The highest BCUT2D eigenvalue weighted by atomic mass is 16.5. The van der Waals surface area contributed by atoms with Crippen LogP contribution in [0.2, 0.25) is 0 Å². The highest BCUT2D eigenvalue weighted by molar-refractivity contribution is 5.85. The van der Waals surface area contributed by atoms with E-state index in [0.717, 1.165) is 0 Å². The van der Waals surface area contributed by atoms with Crippen LogP contribution in [0.5, 0.6) is 17.2 Å². The van der Waals surface area contributed by atoms with Crippen LogP contribution in [0, 0.1) is 6.92 Å². The lowest BCUT2D eigenvalue weighted by atomic mass is 10.1. The Morgan fingerprint density at radius 3 is 2.36 bits per heavy atom. The van der Waals surface area contributed by atoms with Crippen LogP contribution in [0.1, 0.15) is 23.7 Å². The average Bonchev–Trinajstić information content (AvgIpc) is 2.65. The maximum Gasteiger partial charge on any atom is 0.325 e. The minimum atomic E-state index is -0.622. The molecule has 0 aliphatic rings. The van der Waals surface area contributed by atoms with Gasteiger partial charge in [0, 0.05) is 16.8 Å².